The van der Waals surface area contributed by atoms with E-state index in [1.54, 1.807) is 0 Å². The van der Waals surface area contributed by atoms with E-state index in [0.717, 1.165) is 49.7 Å². The Morgan fingerprint density at radius 3 is 2.67 bits per heavy atom. The largest absolute Gasteiger partial charge is 0.390 e. The van der Waals surface area contributed by atoms with Gasteiger partial charge in [-0.3, -0.25) is 0 Å². The van der Waals surface area contributed by atoms with Crippen LogP contribution in [0.4, 0.5) is 5.69 Å². The molecule has 0 atom stereocenters. The Morgan fingerprint density at radius 2 is 2.00 bits per heavy atom. The summed E-state index contributed by atoms with van der Waals surface area (Å²) in [6.07, 6.45) is 2.52. The molecule has 0 spiro atoms. The molecule has 1 aromatic rings. The molecule has 1 aromatic carbocycles. The molecule has 0 bridgehead atoms. The summed E-state index contributed by atoms with van der Waals surface area (Å²) >= 11 is 6.08. The van der Waals surface area contributed by atoms with E-state index >= 15 is 0 Å². The first-order chi connectivity index (χ1) is 8.66. The summed E-state index contributed by atoms with van der Waals surface area (Å²) in [6, 6.07) is 5.98. The fourth-order valence-corrected chi connectivity index (χ4v) is 2.68. The number of nitrogens with zero attached hydrogens (tertiary/aromatic N) is 1. The molecule has 1 aliphatic heterocycles. The summed E-state index contributed by atoms with van der Waals surface area (Å²) in [5, 5.41) is 10.9. The maximum absolute atomic E-state index is 10.1. The van der Waals surface area contributed by atoms with Crippen LogP contribution in [0.15, 0.2) is 18.2 Å². The summed E-state index contributed by atoms with van der Waals surface area (Å²) in [5.41, 5.74) is 1.87. The van der Waals surface area contributed by atoms with Crippen LogP contribution in [0.5, 0.6) is 0 Å². The lowest BCUT2D eigenvalue weighted by atomic mass is 10.0. The van der Waals surface area contributed by atoms with Crippen LogP contribution in [-0.2, 0) is 11.2 Å². The first-order valence-electron chi connectivity index (χ1n) is 6.50. The molecule has 0 aromatic heterocycles. The van der Waals surface area contributed by atoms with Crippen LogP contribution in [0.1, 0.15) is 18.4 Å². The SMILES string of the molecule is OC1(Cc2cc(Cl)ccc2N2CCOCC2)CC1. The van der Waals surface area contributed by atoms with Gasteiger partial charge in [0, 0.05) is 30.2 Å². The highest BCUT2D eigenvalue weighted by atomic mass is 35.5. The molecule has 3 nitrogen and oxygen atoms in total. The average molecular weight is 268 g/mol. The quantitative estimate of drug-likeness (QED) is 0.912. The van der Waals surface area contributed by atoms with Crippen molar-refractivity contribution in [2.45, 2.75) is 24.9 Å². The third kappa shape index (κ3) is 2.63. The minimum absolute atomic E-state index is 0.480. The van der Waals surface area contributed by atoms with Crippen molar-refractivity contribution >= 4 is 17.3 Å². The summed E-state index contributed by atoms with van der Waals surface area (Å²) < 4.78 is 5.38. The Balaban J connectivity index is 1.86. The molecule has 18 heavy (non-hydrogen) atoms. The van der Waals surface area contributed by atoms with Crippen molar-refractivity contribution in [1.29, 1.82) is 0 Å². The zero-order valence-electron chi connectivity index (χ0n) is 10.4. The summed E-state index contributed by atoms with van der Waals surface area (Å²) in [4.78, 5) is 2.32. The average Bonchev–Trinajstić information content (AvgIpc) is 3.08. The van der Waals surface area contributed by atoms with E-state index in [1.165, 1.54) is 5.69 Å². The van der Waals surface area contributed by atoms with E-state index in [-0.39, 0.29) is 0 Å². The van der Waals surface area contributed by atoms with Gasteiger partial charge in [-0.1, -0.05) is 11.6 Å². The predicted octanol–water partition coefficient (Wildman–Crippen LogP) is 2.24. The molecule has 3 rings (SSSR count). The number of morpholine rings is 1. The van der Waals surface area contributed by atoms with Gasteiger partial charge in [-0.2, -0.15) is 0 Å². The number of aliphatic hydroxyl groups is 1. The number of hydrogen-bond acceptors (Lipinski definition) is 3. The van der Waals surface area contributed by atoms with Crippen LogP contribution < -0.4 is 4.90 Å². The highest BCUT2D eigenvalue weighted by Crippen LogP contribution is 2.40. The number of rotatable bonds is 3. The van der Waals surface area contributed by atoms with Crippen molar-refractivity contribution < 1.29 is 9.84 Å². The van der Waals surface area contributed by atoms with Gasteiger partial charge in [0.1, 0.15) is 0 Å². The lowest BCUT2D eigenvalue weighted by molar-refractivity contribution is 0.122. The topological polar surface area (TPSA) is 32.7 Å². The lowest BCUT2D eigenvalue weighted by Gasteiger charge is -2.31. The second-order valence-corrected chi connectivity index (χ2v) is 5.71. The number of hydrogen-bond donors (Lipinski definition) is 1. The maximum atomic E-state index is 10.1. The third-order valence-electron chi connectivity index (χ3n) is 3.74. The lowest BCUT2D eigenvalue weighted by Crippen LogP contribution is -2.37. The smallest absolute Gasteiger partial charge is 0.0690 e. The molecule has 2 aliphatic rings. The summed E-state index contributed by atoms with van der Waals surface area (Å²) in [6.45, 7) is 3.36. The fourth-order valence-electron chi connectivity index (χ4n) is 2.48. The molecule has 1 saturated carbocycles. The van der Waals surface area contributed by atoms with Crippen LogP contribution in [0.2, 0.25) is 5.02 Å². The number of anilines is 1. The molecule has 1 aliphatic carbocycles. The molecule has 1 saturated heterocycles. The fraction of sp³-hybridized carbons (Fsp3) is 0.571. The van der Waals surface area contributed by atoms with Gasteiger partial charge >= 0.3 is 0 Å². The van der Waals surface area contributed by atoms with Gasteiger partial charge in [-0.05, 0) is 36.6 Å². The standard InChI is InChI=1S/C14H18ClNO2/c15-12-1-2-13(16-5-7-18-8-6-16)11(9-12)10-14(17)3-4-14/h1-2,9,17H,3-8,10H2. The van der Waals surface area contributed by atoms with Gasteiger partial charge in [0.15, 0.2) is 0 Å². The van der Waals surface area contributed by atoms with Crippen LogP contribution in [0.25, 0.3) is 0 Å². The monoisotopic (exact) mass is 267 g/mol. The molecule has 0 unspecified atom stereocenters. The highest BCUT2D eigenvalue weighted by Gasteiger charge is 2.40. The van der Waals surface area contributed by atoms with Crippen molar-refractivity contribution in [3.8, 4) is 0 Å². The van der Waals surface area contributed by atoms with E-state index in [1.807, 2.05) is 12.1 Å². The first kappa shape index (κ1) is 12.3. The molecule has 1 N–H and O–H groups in total. The zero-order chi connectivity index (χ0) is 12.6. The molecular formula is C14H18ClNO2. The first-order valence-corrected chi connectivity index (χ1v) is 6.88. The number of ether oxygens (including phenoxy) is 1. The van der Waals surface area contributed by atoms with Crippen molar-refractivity contribution in [2.75, 3.05) is 31.2 Å². The molecule has 0 amide bonds. The summed E-state index contributed by atoms with van der Waals surface area (Å²) in [7, 11) is 0. The molecule has 0 radical (unpaired) electrons. The Labute approximate surface area is 112 Å². The van der Waals surface area contributed by atoms with Gasteiger partial charge < -0.3 is 14.7 Å². The Morgan fingerprint density at radius 1 is 1.28 bits per heavy atom. The van der Waals surface area contributed by atoms with E-state index in [4.69, 9.17) is 16.3 Å². The van der Waals surface area contributed by atoms with Crippen LogP contribution in [0.3, 0.4) is 0 Å². The van der Waals surface area contributed by atoms with Gasteiger partial charge in [-0.25, -0.2) is 0 Å². The van der Waals surface area contributed by atoms with Gasteiger partial charge in [0.25, 0.3) is 0 Å². The van der Waals surface area contributed by atoms with Gasteiger partial charge in [-0.15, -0.1) is 0 Å². The second kappa shape index (κ2) is 4.72. The molecule has 4 heteroatoms. The molecule has 2 fully saturated rings. The molecule has 1 heterocycles. The maximum Gasteiger partial charge on any atom is 0.0690 e. The van der Waals surface area contributed by atoms with E-state index in [0.29, 0.717) is 6.42 Å². The highest BCUT2D eigenvalue weighted by molar-refractivity contribution is 6.30. The Kier molecular flexibility index (Phi) is 3.22. The third-order valence-corrected chi connectivity index (χ3v) is 3.98. The Bertz CT molecular complexity index is 439. The van der Waals surface area contributed by atoms with Crippen LogP contribution in [0, 0.1) is 0 Å². The van der Waals surface area contributed by atoms with E-state index in [2.05, 4.69) is 11.0 Å². The van der Waals surface area contributed by atoms with Crippen molar-refractivity contribution in [3.63, 3.8) is 0 Å². The van der Waals surface area contributed by atoms with E-state index < -0.39 is 5.60 Å². The van der Waals surface area contributed by atoms with Crippen molar-refractivity contribution in [1.82, 2.24) is 0 Å². The van der Waals surface area contributed by atoms with E-state index in [9.17, 15) is 5.11 Å². The molecule has 98 valence electrons. The molecular weight excluding hydrogens is 250 g/mol. The van der Waals surface area contributed by atoms with Gasteiger partial charge in [0.2, 0.25) is 0 Å². The second-order valence-electron chi connectivity index (χ2n) is 5.27. The predicted molar refractivity (Wildman–Crippen MR) is 72.4 cm³/mol. The normalized spacial score (nSPS) is 22.0. The summed E-state index contributed by atoms with van der Waals surface area (Å²) in [5.74, 6) is 0. The number of halogens is 1. The van der Waals surface area contributed by atoms with Gasteiger partial charge in [0.05, 0.1) is 18.8 Å². The number of benzene rings is 1. The Hall–Kier alpha value is -0.770. The minimum atomic E-state index is -0.480. The van der Waals surface area contributed by atoms with Crippen molar-refractivity contribution in [3.05, 3.63) is 28.8 Å². The minimum Gasteiger partial charge on any atom is -0.390 e. The van der Waals surface area contributed by atoms with Crippen LogP contribution >= 0.6 is 11.6 Å². The zero-order valence-corrected chi connectivity index (χ0v) is 11.1. The van der Waals surface area contributed by atoms with Crippen LogP contribution in [-0.4, -0.2) is 37.0 Å². The van der Waals surface area contributed by atoms with Crippen molar-refractivity contribution in [2.24, 2.45) is 0 Å².